The Morgan fingerprint density at radius 2 is 1.27 bits per heavy atom. The quantitative estimate of drug-likeness (QED) is 0.456. The van der Waals surface area contributed by atoms with E-state index in [4.69, 9.17) is 0 Å². The van der Waals surface area contributed by atoms with Crippen molar-refractivity contribution in [1.29, 1.82) is 0 Å². The maximum atomic E-state index is 2.88. The van der Waals surface area contributed by atoms with Gasteiger partial charge in [0.1, 0.15) is 0 Å². The Morgan fingerprint density at radius 1 is 0.727 bits per heavy atom. The first-order valence-electron chi connectivity index (χ1n) is 3.89. The highest BCUT2D eigenvalue weighted by Crippen LogP contribution is 2.00. The van der Waals surface area contributed by atoms with Crippen molar-refractivity contribution >= 4 is 0 Å². The summed E-state index contributed by atoms with van der Waals surface area (Å²) in [5.74, 6) is 0. The minimum Gasteiger partial charge on any atom is -0.0652 e. The molecule has 0 saturated heterocycles. The largest absolute Gasteiger partial charge is 0.0652 e. The van der Waals surface area contributed by atoms with Crippen LogP contribution in [0.15, 0.2) is 40.8 Å². The van der Waals surface area contributed by atoms with Crippen molar-refractivity contribution in [2.24, 2.45) is 0 Å². The lowest BCUT2D eigenvalue weighted by atomic mass is 10.2. The third-order valence-corrected chi connectivity index (χ3v) is 1.42. The lowest BCUT2D eigenvalue weighted by Gasteiger charge is -1.88. The molecule has 0 N–H and O–H groups in total. The van der Waals surface area contributed by atoms with Gasteiger partial charge in [0, 0.05) is 0 Å². The molecule has 0 aromatic rings. The van der Waals surface area contributed by atoms with Crippen LogP contribution in [-0.2, 0) is 0 Å². The summed E-state index contributed by atoms with van der Waals surface area (Å²) in [6, 6.07) is 0. The van der Waals surface area contributed by atoms with E-state index < -0.39 is 0 Å². The fourth-order valence-corrected chi connectivity index (χ4v) is 0.843. The summed E-state index contributed by atoms with van der Waals surface area (Å²) >= 11 is 0. The molecule has 0 aromatic carbocycles. The van der Waals surface area contributed by atoms with Crippen molar-refractivity contribution in [2.45, 2.75) is 25.7 Å². The summed E-state index contributed by atoms with van der Waals surface area (Å²) in [6.45, 7) is 0. The highest BCUT2D eigenvalue weighted by molar-refractivity contribution is 4.91. The van der Waals surface area contributed by atoms with Gasteiger partial charge in [0.15, 0.2) is 0 Å². The summed E-state index contributed by atoms with van der Waals surface area (Å²) in [6.07, 6.45) is 8.57. The molecular weight excluding hydrogens is 132 g/mol. The summed E-state index contributed by atoms with van der Waals surface area (Å²) in [4.78, 5) is 0. The van der Waals surface area contributed by atoms with Crippen LogP contribution in [0.2, 0.25) is 0 Å². The van der Waals surface area contributed by atoms with E-state index in [-0.39, 0.29) is 0 Å². The zero-order valence-corrected chi connectivity index (χ0v) is 6.48. The van der Waals surface area contributed by atoms with Gasteiger partial charge < -0.3 is 0 Å². The Labute approximate surface area is 67.2 Å². The van der Waals surface area contributed by atoms with Crippen LogP contribution in [0.3, 0.4) is 0 Å². The van der Waals surface area contributed by atoms with Gasteiger partial charge in [-0.05, 0) is 55.0 Å². The van der Waals surface area contributed by atoms with Crippen LogP contribution >= 0.6 is 0 Å². The first kappa shape index (κ1) is 7.74. The zero-order valence-electron chi connectivity index (χ0n) is 6.48. The summed E-state index contributed by atoms with van der Waals surface area (Å²) in [7, 11) is 0. The SMILES string of the molecule is C1=C=C=CCCCCC=C=C=1. The third kappa shape index (κ3) is 4.10. The third-order valence-electron chi connectivity index (χ3n) is 1.42. The van der Waals surface area contributed by atoms with E-state index in [1.165, 1.54) is 12.8 Å². The van der Waals surface area contributed by atoms with Crippen LogP contribution in [0, 0.1) is 0 Å². The Bertz CT molecular complexity index is 272. The number of allylic oxidation sites excluding steroid dienone is 2. The van der Waals surface area contributed by atoms with Crippen LogP contribution in [0.4, 0.5) is 0 Å². The predicted molar refractivity (Wildman–Crippen MR) is 45.2 cm³/mol. The van der Waals surface area contributed by atoms with E-state index >= 15 is 0 Å². The van der Waals surface area contributed by atoms with Gasteiger partial charge in [-0.25, -0.2) is 0 Å². The number of rotatable bonds is 0. The van der Waals surface area contributed by atoms with E-state index in [0.29, 0.717) is 0 Å². The zero-order chi connectivity index (χ0) is 7.78. The van der Waals surface area contributed by atoms with Gasteiger partial charge in [0.05, 0.1) is 0 Å². The van der Waals surface area contributed by atoms with E-state index in [1.807, 2.05) is 12.2 Å². The maximum Gasteiger partial charge on any atom is -0.00137 e. The molecule has 11 heavy (non-hydrogen) atoms. The molecule has 0 saturated carbocycles. The minimum atomic E-state index is 1.09. The second-order valence-corrected chi connectivity index (χ2v) is 2.36. The average molecular weight is 142 g/mol. The smallest absolute Gasteiger partial charge is 0.00137 e. The molecular formula is C11H10. The molecule has 0 fully saturated rings. The Hall–Kier alpha value is -1.36. The molecule has 0 aliphatic heterocycles. The fraction of sp³-hybridized carbons (Fsp3) is 0.364. The van der Waals surface area contributed by atoms with Crippen LogP contribution in [0.5, 0.6) is 0 Å². The molecule has 0 radical (unpaired) electrons. The van der Waals surface area contributed by atoms with E-state index in [1.54, 1.807) is 0 Å². The molecule has 1 aliphatic rings. The van der Waals surface area contributed by atoms with Gasteiger partial charge in [-0.2, -0.15) is 0 Å². The normalized spacial score (nSPS) is 15.3. The molecule has 1 aliphatic carbocycles. The Morgan fingerprint density at radius 3 is 1.82 bits per heavy atom. The molecule has 0 amide bonds. The first-order valence-corrected chi connectivity index (χ1v) is 3.89. The van der Waals surface area contributed by atoms with Crippen molar-refractivity contribution in [3.63, 3.8) is 0 Å². The highest BCUT2D eigenvalue weighted by Gasteiger charge is 1.81. The van der Waals surface area contributed by atoms with Crippen molar-refractivity contribution < 1.29 is 0 Å². The number of hydrogen-bond acceptors (Lipinski definition) is 0. The Kier molecular flexibility index (Phi) is 3.82. The van der Waals surface area contributed by atoms with Crippen LogP contribution < -0.4 is 0 Å². The van der Waals surface area contributed by atoms with Gasteiger partial charge >= 0.3 is 0 Å². The van der Waals surface area contributed by atoms with Crippen molar-refractivity contribution in [3.05, 3.63) is 40.8 Å². The molecule has 0 spiro atoms. The lowest BCUT2D eigenvalue weighted by Crippen LogP contribution is -1.70. The predicted octanol–water partition coefficient (Wildman–Crippen LogP) is 2.89. The van der Waals surface area contributed by atoms with Gasteiger partial charge in [0.2, 0.25) is 0 Å². The summed E-state index contributed by atoms with van der Waals surface area (Å²) in [5.41, 5.74) is 13.9. The molecule has 1 rings (SSSR count). The van der Waals surface area contributed by atoms with Crippen molar-refractivity contribution in [2.75, 3.05) is 0 Å². The minimum absolute atomic E-state index is 1.09. The standard InChI is InChI=1S/C11H10/c1-2-4-6-8-10-11-9-7-5-3-1/h1,10H,2,4,6,8H2. The molecule has 0 nitrogen and oxygen atoms in total. The van der Waals surface area contributed by atoms with Crippen molar-refractivity contribution in [3.8, 4) is 0 Å². The van der Waals surface area contributed by atoms with Crippen molar-refractivity contribution in [1.82, 2.24) is 0 Å². The second-order valence-electron chi connectivity index (χ2n) is 2.36. The monoisotopic (exact) mass is 142 g/mol. The summed E-state index contributed by atoms with van der Waals surface area (Å²) < 4.78 is 0. The fourth-order valence-electron chi connectivity index (χ4n) is 0.843. The van der Waals surface area contributed by atoms with E-state index in [0.717, 1.165) is 12.8 Å². The van der Waals surface area contributed by atoms with Crippen LogP contribution in [0.1, 0.15) is 25.7 Å². The van der Waals surface area contributed by atoms with E-state index in [9.17, 15) is 0 Å². The average Bonchev–Trinajstić information content (AvgIpc) is 2.08. The molecule has 0 aromatic heterocycles. The van der Waals surface area contributed by atoms with Gasteiger partial charge in [0.25, 0.3) is 0 Å². The molecule has 0 heteroatoms. The molecule has 0 atom stereocenters. The molecule has 0 bridgehead atoms. The second kappa shape index (κ2) is 5.43. The number of hydrogen-bond donors (Lipinski definition) is 0. The Balaban J connectivity index is 2.91. The molecule has 0 heterocycles. The maximum absolute atomic E-state index is 2.88. The van der Waals surface area contributed by atoms with Gasteiger partial charge in [-0.3, -0.25) is 0 Å². The molecule has 54 valence electrons. The lowest BCUT2D eigenvalue weighted by molar-refractivity contribution is 0.763. The van der Waals surface area contributed by atoms with Gasteiger partial charge in [-0.1, -0.05) is 11.5 Å². The van der Waals surface area contributed by atoms with Crippen LogP contribution in [-0.4, -0.2) is 0 Å². The first-order chi connectivity index (χ1) is 5.50. The summed E-state index contributed by atoms with van der Waals surface area (Å²) in [5, 5.41) is 0. The topological polar surface area (TPSA) is 0 Å². The van der Waals surface area contributed by atoms with Crippen LogP contribution in [0.25, 0.3) is 0 Å². The highest BCUT2D eigenvalue weighted by atomic mass is 13.9. The molecule has 0 unspecified atom stereocenters. The van der Waals surface area contributed by atoms with Gasteiger partial charge in [-0.15, -0.1) is 0 Å². The van der Waals surface area contributed by atoms with E-state index in [2.05, 4.69) is 28.7 Å².